The van der Waals surface area contributed by atoms with Gasteiger partial charge in [-0.1, -0.05) is 20.8 Å². The summed E-state index contributed by atoms with van der Waals surface area (Å²) in [6.07, 6.45) is 3.41. The maximum absolute atomic E-state index is 11.8. The monoisotopic (exact) mass is 271 g/mol. The molecule has 0 rings (SSSR count). The van der Waals surface area contributed by atoms with Crippen molar-refractivity contribution in [2.24, 2.45) is 5.41 Å². The van der Waals surface area contributed by atoms with Crippen LogP contribution in [0.2, 0.25) is 0 Å². The van der Waals surface area contributed by atoms with E-state index in [-0.39, 0.29) is 23.3 Å². The molecule has 1 unspecified atom stereocenters. The minimum absolute atomic E-state index is 0.0126. The third-order valence-electron chi connectivity index (χ3n) is 3.62. The molecule has 1 atom stereocenters. The molecule has 0 spiro atoms. The Labute approximate surface area is 116 Å². The number of rotatable bonds is 9. The average molecular weight is 271 g/mol. The molecule has 19 heavy (non-hydrogen) atoms. The topological polar surface area (TPSA) is 70.2 Å². The normalized spacial score (nSPS) is 12.9. The predicted octanol–water partition coefficient (Wildman–Crippen LogP) is 1.04. The van der Waals surface area contributed by atoms with Crippen molar-refractivity contribution in [1.82, 2.24) is 16.0 Å². The summed E-state index contributed by atoms with van der Waals surface area (Å²) in [5, 5.41) is 8.57. The van der Waals surface area contributed by atoms with Crippen LogP contribution in [-0.4, -0.2) is 38.5 Å². The molecule has 0 fully saturated rings. The van der Waals surface area contributed by atoms with Gasteiger partial charge >= 0.3 is 0 Å². The third-order valence-corrected chi connectivity index (χ3v) is 3.62. The van der Waals surface area contributed by atoms with E-state index in [0.29, 0.717) is 6.54 Å². The predicted molar refractivity (Wildman–Crippen MR) is 77.8 cm³/mol. The highest BCUT2D eigenvalue weighted by Gasteiger charge is 2.24. The summed E-state index contributed by atoms with van der Waals surface area (Å²) in [6, 6.07) is -0.146. The van der Waals surface area contributed by atoms with Crippen LogP contribution in [0, 0.1) is 5.41 Å². The van der Waals surface area contributed by atoms with Gasteiger partial charge in [0, 0.05) is 19.0 Å². The lowest BCUT2D eigenvalue weighted by molar-refractivity contribution is -0.129. The lowest BCUT2D eigenvalue weighted by Crippen LogP contribution is -2.41. The van der Waals surface area contributed by atoms with Crippen molar-refractivity contribution >= 4 is 11.8 Å². The second-order valence-electron chi connectivity index (χ2n) is 5.44. The van der Waals surface area contributed by atoms with Gasteiger partial charge in [-0.05, 0) is 32.7 Å². The Hall–Kier alpha value is -1.10. The fourth-order valence-electron chi connectivity index (χ4n) is 1.66. The molecule has 0 aromatic heterocycles. The van der Waals surface area contributed by atoms with Crippen molar-refractivity contribution in [2.45, 2.75) is 52.5 Å². The first kappa shape index (κ1) is 17.9. The molecule has 0 aromatic carbocycles. The van der Waals surface area contributed by atoms with E-state index in [1.807, 2.05) is 20.8 Å². The minimum Gasteiger partial charge on any atom is -0.358 e. The summed E-state index contributed by atoms with van der Waals surface area (Å²) in [7, 11) is 3.42. The van der Waals surface area contributed by atoms with Gasteiger partial charge in [0.1, 0.15) is 0 Å². The first-order chi connectivity index (χ1) is 8.88. The van der Waals surface area contributed by atoms with Gasteiger partial charge in [0.15, 0.2) is 0 Å². The molecule has 0 aliphatic carbocycles. The highest BCUT2D eigenvalue weighted by molar-refractivity contribution is 5.82. The van der Waals surface area contributed by atoms with E-state index in [2.05, 4.69) is 16.0 Å². The standard InChI is InChI=1S/C14H29N3O2/c1-6-14(2,3)13(19)17-10-8-7-9-11(15-4)12(18)16-5/h11,15H,6-10H2,1-5H3,(H,16,18)(H,17,19). The molecule has 0 aliphatic heterocycles. The molecule has 0 aromatic rings. The number of amides is 2. The molecule has 0 saturated heterocycles. The summed E-state index contributed by atoms with van der Waals surface area (Å²) >= 11 is 0. The van der Waals surface area contributed by atoms with Crippen LogP contribution in [-0.2, 0) is 9.59 Å². The van der Waals surface area contributed by atoms with Crippen molar-refractivity contribution in [3.8, 4) is 0 Å². The molecule has 112 valence electrons. The van der Waals surface area contributed by atoms with Crippen LogP contribution in [0.3, 0.4) is 0 Å². The van der Waals surface area contributed by atoms with Gasteiger partial charge in [0.25, 0.3) is 0 Å². The maximum Gasteiger partial charge on any atom is 0.236 e. The van der Waals surface area contributed by atoms with Crippen LogP contribution in [0.15, 0.2) is 0 Å². The van der Waals surface area contributed by atoms with E-state index in [1.54, 1.807) is 14.1 Å². The number of nitrogens with one attached hydrogen (secondary N) is 3. The first-order valence-electron chi connectivity index (χ1n) is 7.06. The zero-order valence-electron chi connectivity index (χ0n) is 12.9. The van der Waals surface area contributed by atoms with Crippen LogP contribution in [0.25, 0.3) is 0 Å². The van der Waals surface area contributed by atoms with E-state index < -0.39 is 0 Å². The lowest BCUT2D eigenvalue weighted by Gasteiger charge is -2.21. The van der Waals surface area contributed by atoms with Gasteiger partial charge in [-0.25, -0.2) is 0 Å². The van der Waals surface area contributed by atoms with Crippen LogP contribution in [0.5, 0.6) is 0 Å². The second kappa shape index (κ2) is 8.91. The van der Waals surface area contributed by atoms with Gasteiger partial charge < -0.3 is 16.0 Å². The Balaban J connectivity index is 3.82. The maximum atomic E-state index is 11.8. The molecular formula is C14H29N3O2. The number of hydrogen-bond donors (Lipinski definition) is 3. The number of unbranched alkanes of at least 4 members (excludes halogenated alkanes) is 1. The smallest absolute Gasteiger partial charge is 0.236 e. The largest absolute Gasteiger partial charge is 0.358 e. The van der Waals surface area contributed by atoms with E-state index in [9.17, 15) is 9.59 Å². The Kier molecular flexibility index (Phi) is 8.39. The van der Waals surface area contributed by atoms with E-state index in [0.717, 1.165) is 25.7 Å². The summed E-state index contributed by atoms with van der Waals surface area (Å²) in [5.74, 6) is 0.116. The summed E-state index contributed by atoms with van der Waals surface area (Å²) in [5.41, 5.74) is -0.296. The van der Waals surface area contributed by atoms with Crippen LogP contribution in [0.4, 0.5) is 0 Å². The van der Waals surface area contributed by atoms with E-state index in [1.165, 1.54) is 0 Å². The number of carbonyl (C=O) groups is 2. The molecule has 3 N–H and O–H groups in total. The summed E-state index contributed by atoms with van der Waals surface area (Å²) in [6.45, 7) is 6.59. The minimum atomic E-state index is -0.296. The van der Waals surface area contributed by atoms with Crippen LogP contribution >= 0.6 is 0 Å². The average Bonchev–Trinajstić information content (AvgIpc) is 2.41. The molecule has 0 radical (unpaired) electrons. The van der Waals surface area contributed by atoms with Gasteiger partial charge in [-0.2, -0.15) is 0 Å². The molecular weight excluding hydrogens is 242 g/mol. The van der Waals surface area contributed by atoms with Gasteiger partial charge in [-0.3, -0.25) is 9.59 Å². The highest BCUT2D eigenvalue weighted by Crippen LogP contribution is 2.19. The van der Waals surface area contributed by atoms with Crippen LogP contribution < -0.4 is 16.0 Å². The lowest BCUT2D eigenvalue weighted by atomic mass is 9.89. The fraction of sp³-hybridized carbons (Fsp3) is 0.857. The van der Waals surface area contributed by atoms with E-state index >= 15 is 0 Å². The fourth-order valence-corrected chi connectivity index (χ4v) is 1.66. The molecule has 0 bridgehead atoms. The SMILES string of the molecule is CCC(C)(C)C(=O)NCCCCC(NC)C(=O)NC. The molecule has 2 amide bonds. The summed E-state index contributed by atoms with van der Waals surface area (Å²) in [4.78, 5) is 23.3. The van der Waals surface area contributed by atoms with Crippen molar-refractivity contribution in [1.29, 1.82) is 0 Å². The number of likely N-dealkylation sites (N-methyl/N-ethyl adjacent to an activating group) is 2. The molecule has 0 aliphatic rings. The van der Waals surface area contributed by atoms with Gasteiger partial charge in [-0.15, -0.1) is 0 Å². The number of carbonyl (C=O) groups excluding carboxylic acids is 2. The Bertz CT molecular complexity index is 290. The molecule has 5 nitrogen and oxygen atoms in total. The highest BCUT2D eigenvalue weighted by atomic mass is 16.2. The van der Waals surface area contributed by atoms with Gasteiger partial charge in [0.05, 0.1) is 6.04 Å². The third kappa shape index (κ3) is 6.57. The Morgan fingerprint density at radius 2 is 1.79 bits per heavy atom. The molecule has 0 heterocycles. The van der Waals surface area contributed by atoms with E-state index in [4.69, 9.17) is 0 Å². The molecule has 0 saturated carbocycles. The zero-order chi connectivity index (χ0) is 14.9. The van der Waals surface area contributed by atoms with Crippen LogP contribution in [0.1, 0.15) is 46.5 Å². The molecule has 5 heteroatoms. The van der Waals surface area contributed by atoms with Crippen molar-refractivity contribution in [2.75, 3.05) is 20.6 Å². The number of hydrogen-bond acceptors (Lipinski definition) is 3. The second-order valence-corrected chi connectivity index (χ2v) is 5.44. The van der Waals surface area contributed by atoms with Crippen molar-refractivity contribution < 1.29 is 9.59 Å². The first-order valence-corrected chi connectivity index (χ1v) is 7.06. The zero-order valence-corrected chi connectivity index (χ0v) is 12.9. The summed E-state index contributed by atoms with van der Waals surface area (Å²) < 4.78 is 0. The quantitative estimate of drug-likeness (QED) is 0.549. The Morgan fingerprint density at radius 1 is 1.16 bits per heavy atom. The van der Waals surface area contributed by atoms with Crippen molar-refractivity contribution in [3.63, 3.8) is 0 Å². The van der Waals surface area contributed by atoms with Crippen molar-refractivity contribution in [3.05, 3.63) is 0 Å². The Morgan fingerprint density at radius 3 is 2.26 bits per heavy atom. The van der Waals surface area contributed by atoms with Gasteiger partial charge in [0.2, 0.25) is 11.8 Å².